The lowest BCUT2D eigenvalue weighted by atomic mass is 9.95. The topological polar surface area (TPSA) is 51.5 Å². The number of methoxy groups -OCH3 is 1. The number of benzene rings is 4. The number of ether oxygens (including phenoxy) is 1. The first-order chi connectivity index (χ1) is 17.0. The van der Waals surface area contributed by atoms with Crippen LogP contribution in [0.3, 0.4) is 0 Å². The Bertz CT molecular complexity index is 1610. The van der Waals surface area contributed by atoms with Crippen LogP contribution >= 0.6 is 0 Å². The second-order valence-electron chi connectivity index (χ2n) is 8.47. The number of carbonyl (C=O) groups is 1. The van der Waals surface area contributed by atoms with Crippen LogP contribution in [-0.4, -0.2) is 13.0 Å². The van der Waals surface area contributed by atoms with E-state index in [4.69, 9.17) is 9.15 Å². The fraction of sp³-hybridized carbons (Fsp3) is 0.100. The standard InChI is InChI=1S/C30H24FNO3/c1-18(14-28(33)32-27-11-7-6-10-26(27)31)23-16-24-25(17-35-30(24)19(2)29(23)34-3)22-13-12-20-8-4-5-9-21(20)15-22/h4-17H,1-3H3,(H,32,33)/b18-14+. The van der Waals surface area contributed by atoms with Crippen molar-refractivity contribution in [3.63, 3.8) is 0 Å². The number of furan rings is 1. The van der Waals surface area contributed by atoms with Gasteiger partial charge in [-0.2, -0.15) is 0 Å². The van der Waals surface area contributed by atoms with Gasteiger partial charge in [0.2, 0.25) is 5.91 Å². The highest BCUT2D eigenvalue weighted by Crippen LogP contribution is 2.41. The molecule has 5 aromatic rings. The number of hydrogen-bond acceptors (Lipinski definition) is 3. The van der Waals surface area contributed by atoms with Crippen LogP contribution in [0.1, 0.15) is 18.1 Å². The average Bonchev–Trinajstić information content (AvgIpc) is 3.29. The summed E-state index contributed by atoms with van der Waals surface area (Å²) in [6.45, 7) is 3.77. The van der Waals surface area contributed by atoms with Gasteiger partial charge in [0.1, 0.15) is 17.1 Å². The van der Waals surface area contributed by atoms with Gasteiger partial charge in [-0.3, -0.25) is 4.79 Å². The third-order valence-corrected chi connectivity index (χ3v) is 6.21. The molecule has 0 saturated carbocycles. The average molecular weight is 466 g/mol. The van der Waals surface area contributed by atoms with Gasteiger partial charge in [-0.1, -0.05) is 48.5 Å². The van der Waals surface area contributed by atoms with Crippen LogP contribution in [0, 0.1) is 12.7 Å². The number of anilines is 1. The summed E-state index contributed by atoms with van der Waals surface area (Å²) in [7, 11) is 1.59. The number of carbonyl (C=O) groups excluding carboxylic acids is 1. The fourth-order valence-electron chi connectivity index (χ4n) is 4.46. The van der Waals surface area contributed by atoms with Crippen LogP contribution in [0.25, 0.3) is 38.4 Å². The van der Waals surface area contributed by atoms with Crippen LogP contribution in [0.5, 0.6) is 5.75 Å². The van der Waals surface area contributed by atoms with Crippen molar-refractivity contribution in [3.8, 4) is 16.9 Å². The van der Waals surface area contributed by atoms with Crippen molar-refractivity contribution in [1.29, 1.82) is 0 Å². The summed E-state index contributed by atoms with van der Waals surface area (Å²) < 4.78 is 25.6. The lowest BCUT2D eigenvalue weighted by Gasteiger charge is -2.13. The van der Waals surface area contributed by atoms with Gasteiger partial charge in [0.25, 0.3) is 0 Å². The van der Waals surface area contributed by atoms with Crippen molar-refractivity contribution in [2.45, 2.75) is 13.8 Å². The summed E-state index contributed by atoms with van der Waals surface area (Å²) in [5.41, 5.74) is 5.16. The Kier molecular flexibility index (Phi) is 5.83. The Morgan fingerprint density at radius 1 is 1.00 bits per heavy atom. The van der Waals surface area contributed by atoms with Crippen molar-refractivity contribution in [2.75, 3.05) is 12.4 Å². The third kappa shape index (κ3) is 4.17. The van der Waals surface area contributed by atoms with Crippen LogP contribution in [0.2, 0.25) is 0 Å². The van der Waals surface area contributed by atoms with E-state index in [-0.39, 0.29) is 5.69 Å². The third-order valence-electron chi connectivity index (χ3n) is 6.21. The summed E-state index contributed by atoms with van der Waals surface area (Å²) in [4.78, 5) is 12.6. The highest BCUT2D eigenvalue weighted by molar-refractivity contribution is 6.06. The van der Waals surface area contributed by atoms with E-state index in [9.17, 15) is 9.18 Å². The molecule has 0 aliphatic heterocycles. The molecule has 0 radical (unpaired) electrons. The molecule has 0 atom stereocenters. The van der Waals surface area contributed by atoms with Crippen LogP contribution in [0.15, 0.2) is 89.6 Å². The molecule has 0 bridgehead atoms. The molecule has 0 spiro atoms. The summed E-state index contributed by atoms with van der Waals surface area (Å²) in [6.07, 6.45) is 3.21. The molecular formula is C30H24FNO3. The lowest BCUT2D eigenvalue weighted by Crippen LogP contribution is -2.10. The van der Waals surface area contributed by atoms with E-state index in [1.54, 1.807) is 25.5 Å². The zero-order chi connectivity index (χ0) is 24.5. The van der Waals surface area contributed by atoms with E-state index in [1.807, 2.05) is 32.0 Å². The van der Waals surface area contributed by atoms with Gasteiger partial charge < -0.3 is 14.5 Å². The highest BCUT2D eigenvalue weighted by atomic mass is 19.1. The summed E-state index contributed by atoms with van der Waals surface area (Å²) in [6, 6.07) is 22.6. The second-order valence-corrected chi connectivity index (χ2v) is 8.47. The van der Waals surface area contributed by atoms with Gasteiger partial charge in [0.05, 0.1) is 19.1 Å². The number of allylic oxidation sites excluding steroid dienone is 1. The zero-order valence-corrected chi connectivity index (χ0v) is 19.7. The number of para-hydroxylation sites is 1. The number of nitrogens with one attached hydrogen (secondary N) is 1. The molecule has 0 unspecified atom stereocenters. The molecule has 35 heavy (non-hydrogen) atoms. The molecule has 174 valence electrons. The van der Waals surface area contributed by atoms with Gasteiger partial charge in [-0.15, -0.1) is 0 Å². The number of rotatable bonds is 5. The van der Waals surface area contributed by atoms with E-state index < -0.39 is 11.7 Å². The van der Waals surface area contributed by atoms with Crippen LogP contribution < -0.4 is 10.1 Å². The SMILES string of the molecule is COc1c(/C(C)=C/C(=O)Nc2ccccc2F)cc2c(-c3ccc4ccccc4c3)coc2c1C. The first-order valence-corrected chi connectivity index (χ1v) is 11.3. The van der Waals surface area contributed by atoms with Crippen LogP contribution in [-0.2, 0) is 4.79 Å². The van der Waals surface area contributed by atoms with Crippen molar-refractivity contribution in [3.05, 3.63) is 102 Å². The number of halogens is 1. The maximum Gasteiger partial charge on any atom is 0.248 e. The fourth-order valence-corrected chi connectivity index (χ4v) is 4.46. The molecule has 4 aromatic carbocycles. The van der Waals surface area contributed by atoms with Crippen molar-refractivity contribution in [2.24, 2.45) is 0 Å². The largest absolute Gasteiger partial charge is 0.496 e. The van der Waals surface area contributed by atoms with E-state index >= 15 is 0 Å². The molecule has 1 N–H and O–H groups in total. The van der Waals surface area contributed by atoms with Gasteiger partial charge in [-0.05, 0) is 60.0 Å². The molecule has 1 aromatic heterocycles. The maximum absolute atomic E-state index is 14.0. The van der Waals surface area contributed by atoms with E-state index in [2.05, 4.69) is 35.6 Å². The molecule has 0 saturated heterocycles. The molecular weight excluding hydrogens is 441 g/mol. The Morgan fingerprint density at radius 3 is 2.51 bits per heavy atom. The number of hydrogen-bond donors (Lipinski definition) is 1. The van der Waals surface area contributed by atoms with E-state index in [1.165, 1.54) is 23.6 Å². The van der Waals surface area contributed by atoms with Gasteiger partial charge in [-0.25, -0.2) is 4.39 Å². The smallest absolute Gasteiger partial charge is 0.248 e. The molecule has 0 fully saturated rings. The Hall–Kier alpha value is -4.38. The summed E-state index contributed by atoms with van der Waals surface area (Å²) >= 11 is 0. The molecule has 1 amide bonds. The van der Waals surface area contributed by atoms with E-state index in [0.717, 1.165) is 38.6 Å². The van der Waals surface area contributed by atoms with Gasteiger partial charge in [0, 0.05) is 28.2 Å². The number of amides is 1. The summed E-state index contributed by atoms with van der Waals surface area (Å²) in [5.74, 6) is -0.279. The Balaban J connectivity index is 1.59. The quantitative estimate of drug-likeness (QED) is 0.270. The van der Waals surface area contributed by atoms with Gasteiger partial charge >= 0.3 is 0 Å². The number of fused-ring (bicyclic) bond motifs is 2. The molecule has 0 aliphatic carbocycles. The predicted molar refractivity (Wildman–Crippen MR) is 139 cm³/mol. The normalized spacial score (nSPS) is 11.7. The van der Waals surface area contributed by atoms with Crippen molar-refractivity contribution >= 4 is 38.9 Å². The lowest BCUT2D eigenvalue weighted by molar-refractivity contribution is -0.111. The predicted octanol–water partition coefficient (Wildman–Crippen LogP) is 7.75. The minimum Gasteiger partial charge on any atom is -0.496 e. The molecule has 0 aliphatic rings. The molecule has 5 rings (SSSR count). The second kappa shape index (κ2) is 9.11. The molecule has 4 nitrogen and oxygen atoms in total. The molecule has 5 heteroatoms. The van der Waals surface area contributed by atoms with E-state index in [0.29, 0.717) is 11.3 Å². The van der Waals surface area contributed by atoms with Gasteiger partial charge in [0.15, 0.2) is 0 Å². The van der Waals surface area contributed by atoms with Crippen LogP contribution in [0.4, 0.5) is 10.1 Å². The highest BCUT2D eigenvalue weighted by Gasteiger charge is 2.19. The minimum absolute atomic E-state index is 0.133. The van der Waals surface area contributed by atoms with Crippen molar-refractivity contribution < 1.29 is 18.3 Å². The monoisotopic (exact) mass is 465 g/mol. The first-order valence-electron chi connectivity index (χ1n) is 11.3. The Morgan fingerprint density at radius 2 is 1.74 bits per heavy atom. The summed E-state index contributed by atoms with van der Waals surface area (Å²) in [5, 5.41) is 5.84. The first kappa shape index (κ1) is 22.4. The van der Waals surface area contributed by atoms with Crippen molar-refractivity contribution in [1.82, 2.24) is 0 Å². The number of aryl methyl sites for hydroxylation is 1. The zero-order valence-electron chi connectivity index (χ0n) is 19.7. The molecule has 1 heterocycles. The Labute approximate surface area is 202 Å². The minimum atomic E-state index is -0.486. The maximum atomic E-state index is 14.0.